The first-order valence-electron chi connectivity index (χ1n) is 8.66. The van der Waals surface area contributed by atoms with Crippen molar-refractivity contribution in [1.82, 2.24) is 19.9 Å². The van der Waals surface area contributed by atoms with Crippen LogP contribution in [0.3, 0.4) is 0 Å². The van der Waals surface area contributed by atoms with E-state index in [4.69, 9.17) is 4.52 Å². The average Bonchev–Trinajstić information content (AvgIpc) is 3.36. The minimum Gasteiger partial charge on any atom is -0.340 e. The van der Waals surface area contributed by atoms with Crippen molar-refractivity contribution >= 4 is 17.2 Å². The van der Waals surface area contributed by atoms with Gasteiger partial charge in [-0.1, -0.05) is 18.0 Å². The highest BCUT2D eigenvalue weighted by molar-refractivity contribution is 7.08. The number of amides is 1. The molecule has 1 aliphatic carbocycles. The average molecular weight is 346 g/mol. The summed E-state index contributed by atoms with van der Waals surface area (Å²) in [6.07, 6.45) is 4.57. The molecular formula is C17H22N4O2S. The molecule has 0 atom stereocenters. The SMILES string of the molecule is O=C(C1CCCC1)N1CCN(Cc2nc(-c3ccsc3)no2)CC1. The Balaban J connectivity index is 1.29. The molecule has 2 aliphatic rings. The Bertz CT molecular complexity index is 671. The Kier molecular flexibility index (Phi) is 4.62. The van der Waals surface area contributed by atoms with Gasteiger partial charge in [-0.15, -0.1) is 0 Å². The van der Waals surface area contributed by atoms with E-state index in [1.54, 1.807) is 11.3 Å². The van der Waals surface area contributed by atoms with Gasteiger partial charge in [0.1, 0.15) is 0 Å². The molecule has 6 nitrogen and oxygen atoms in total. The number of rotatable bonds is 4. The second-order valence-corrected chi connectivity index (χ2v) is 7.39. The van der Waals surface area contributed by atoms with Crippen LogP contribution >= 0.6 is 11.3 Å². The van der Waals surface area contributed by atoms with Crippen molar-refractivity contribution in [2.24, 2.45) is 5.92 Å². The fourth-order valence-electron chi connectivity index (χ4n) is 3.58. The van der Waals surface area contributed by atoms with Crippen molar-refractivity contribution in [3.05, 3.63) is 22.7 Å². The molecule has 0 radical (unpaired) electrons. The molecule has 1 amide bonds. The number of carbonyl (C=O) groups is 1. The van der Waals surface area contributed by atoms with Crippen LogP contribution in [0, 0.1) is 5.92 Å². The minimum atomic E-state index is 0.278. The number of hydrogen-bond donors (Lipinski definition) is 0. The zero-order chi connectivity index (χ0) is 16.4. The summed E-state index contributed by atoms with van der Waals surface area (Å²) in [6, 6.07) is 1.99. The number of hydrogen-bond acceptors (Lipinski definition) is 6. The van der Waals surface area contributed by atoms with Gasteiger partial charge in [0.25, 0.3) is 0 Å². The Morgan fingerprint density at radius 1 is 1.25 bits per heavy atom. The molecule has 24 heavy (non-hydrogen) atoms. The molecule has 3 heterocycles. The van der Waals surface area contributed by atoms with Crippen molar-refractivity contribution in [3.63, 3.8) is 0 Å². The predicted octanol–water partition coefficient (Wildman–Crippen LogP) is 2.63. The maximum absolute atomic E-state index is 12.5. The van der Waals surface area contributed by atoms with E-state index < -0.39 is 0 Å². The monoisotopic (exact) mass is 346 g/mol. The first-order valence-corrected chi connectivity index (χ1v) is 9.60. The van der Waals surface area contributed by atoms with Crippen LogP contribution in [0.2, 0.25) is 0 Å². The molecule has 7 heteroatoms. The molecule has 0 unspecified atom stereocenters. The zero-order valence-electron chi connectivity index (χ0n) is 13.7. The lowest BCUT2D eigenvalue weighted by Gasteiger charge is -2.35. The molecule has 2 aromatic heterocycles. The molecule has 0 bridgehead atoms. The zero-order valence-corrected chi connectivity index (χ0v) is 14.5. The molecular weight excluding hydrogens is 324 g/mol. The van der Waals surface area contributed by atoms with E-state index in [2.05, 4.69) is 15.0 Å². The van der Waals surface area contributed by atoms with Gasteiger partial charge in [-0.3, -0.25) is 9.69 Å². The van der Waals surface area contributed by atoms with E-state index in [1.165, 1.54) is 12.8 Å². The van der Waals surface area contributed by atoms with Crippen LogP contribution in [0.25, 0.3) is 11.4 Å². The Morgan fingerprint density at radius 2 is 2.04 bits per heavy atom. The lowest BCUT2D eigenvalue weighted by molar-refractivity contribution is -0.137. The van der Waals surface area contributed by atoms with E-state index in [-0.39, 0.29) is 5.92 Å². The van der Waals surface area contributed by atoms with Crippen LogP contribution in [-0.4, -0.2) is 52.0 Å². The maximum atomic E-state index is 12.5. The normalized spacial score (nSPS) is 19.9. The van der Waals surface area contributed by atoms with Crippen molar-refractivity contribution in [2.45, 2.75) is 32.2 Å². The van der Waals surface area contributed by atoms with E-state index in [1.807, 2.05) is 21.7 Å². The van der Waals surface area contributed by atoms with Crippen molar-refractivity contribution in [2.75, 3.05) is 26.2 Å². The molecule has 1 saturated carbocycles. The van der Waals surface area contributed by atoms with Gasteiger partial charge in [0.2, 0.25) is 17.6 Å². The molecule has 1 aliphatic heterocycles. The number of aromatic nitrogens is 2. The van der Waals surface area contributed by atoms with Gasteiger partial charge in [-0.2, -0.15) is 16.3 Å². The van der Waals surface area contributed by atoms with Crippen molar-refractivity contribution in [1.29, 1.82) is 0 Å². The highest BCUT2D eigenvalue weighted by atomic mass is 32.1. The summed E-state index contributed by atoms with van der Waals surface area (Å²) in [6.45, 7) is 4.01. The predicted molar refractivity (Wildman–Crippen MR) is 91.4 cm³/mol. The first-order chi connectivity index (χ1) is 11.8. The largest absolute Gasteiger partial charge is 0.340 e. The van der Waals surface area contributed by atoms with E-state index in [9.17, 15) is 4.79 Å². The highest BCUT2D eigenvalue weighted by Gasteiger charge is 2.29. The summed E-state index contributed by atoms with van der Waals surface area (Å²) < 4.78 is 5.37. The summed E-state index contributed by atoms with van der Waals surface area (Å²) in [5, 5.41) is 8.07. The fraction of sp³-hybridized carbons (Fsp3) is 0.588. The highest BCUT2D eigenvalue weighted by Crippen LogP contribution is 2.27. The minimum absolute atomic E-state index is 0.278. The van der Waals surface area contributed by atoms with Gasteiger partial charge < -0.3 is 9.42 Å². The smallest absolute Gasteiger partial charge is 0.241 e. The Labute approximate surface area is 145 Å². The van der Waals surface area contributed by atoms with E-state index in [0.717, 1.165) is 44.6 Å². The summed E-state index contributed by atoms with van der Waals surface area (Å²) in [7, 11) is 0. The van der Waals surface area contributed by atoms with Crippen LogP contribution in [0.15, 0.2) is 21.3 Å². The molecule has 0 aromatic carbocycles. The summed E-state index contributed by atoms with van der Waals surface area (Å²) in [5.74, 6) is 1.94. The van der Waals surface area contributed by atoms with Crippen molar-refractivity contribution < 1.29 is 9.32 Å². The molecule has 0 N–H and O–H groups in total. The first kappa shape index (κ1) is 15.8. The number of nitrogens with zero attached hydrogens (tertiary/aromatic N) is 4. The fourth-order valence-corrected chi connectivity index (χ4v) is 4.21. The van der Waals surface area contributed by atoms with E-state index in [0.29, 0.717) is 24.2 Å². The molecule has 2 fully saturated rings. The molecule has 4 rings (SSSR count). The third-order valence-corrected chi connectivity index (χ3v) is 5.68. The summed E-state index contributed by atoms with van der Waals surface area (Å²) >= 11 is 1.62. The van der Waals surface area contributed by atoms with Crippen LogP contribution in [0.1, 0.15) is 31.6 Å². The van der Waals surface area contributed by atoms with Crippen molar-refractivity contribution in [3.8, 4) is 11.4 Å². The second kappa shape index (κ2) is 7.03. The molecule has 1 saturated heterocycles. The van der Waals surface area contributed by atoms with Crippen LogP contribution in [-0.2, 0) is 11.3 Å². The van der Waals surface area contributed by atoms with Gasteiger partial charge in [0, 0.05) is 43.0 Å². The molecule has 0 spiro atoms. The molecule has 2 aromatic rings. The summed E-state index contributed by atoms with van der Waals surface area (Å²) in [5.41, 5.74) is 1.00. The lowest BCUT2D eigenvalue weighted by atomic mass is 10.1. The van der Waals surface area contributed by atoms with Gasteiger partial charge in [0.05, 0.1) is 6.54 Å². The number of thiophene rings is 1. The third kappa shape index (κ3) is 3.37. The van der Waals surface area contributed by atoms with Crippen LogP contribution in [0.5, 0.6) is 0 Å². The summed E-state index contributed by atoms with van der Waals surface area (Å²) in [4.78, 5) is 21.3. The lowest BCUT2D eigenvalue weighted by Crippen LogP contribution is -2.49. The van der Waals surface area contributed by atoms with Gasteiger partial charge in [0.15, 0.2) is 0 Å². The van der Waals surface area contributed by atoms with Gasteiger partial charge >= 0.3 is 0 Å². The quantitative estimate of drug-likeness (QED) is 0.852. The third-order valence-electron chi connectivity index (χ3n) is 4.99. The maximum Gasteiger partial charge on any atom is 0.241 e. The van der Waals surface area contributed by atoms with Gasteiger partial charge in [-0.05, 0) is 24.3 Å². The van der Waals surface area contributed by atoms with E-state index >= 15 is 0 Å². The van der Waals surface area contributed by atoms with Gasteiger partial charge in [-0.25, -0.2) is 0 Å². The number of piperazine rings is 1. The standard InChI is InChI=1S/C17H22N4O2S/c22-17(13-3-1-2-4-13)21-8-6-20(7-9-21)11-15-18-16(19-23-15)14-5-10-24-12-14/h5,10,12-13H,1-4,6-9,11H2. The Morgan fingerprint density at radius 3 is 2.75 bits per heavy atom. The number of carbonyl (C=O) groups excluding carboxylic acids is 1. The van der Waals surface area contributed by atoms with Crippen LogP contribution in [0.4, 0.5) is 0 Å². The molecule has 128 valence electrons. The Hall–Kier alpha value is -1.73. The second-order valence-electron chi connectivity index (χ2n) is 6.61. The topological polar surface area (TPSA) is 62.5 Å². The van der Waals surface area contributed by atoms with Crippen LogP contribution < -0.4 is 0 Å².